The third-order valence-corrected chi connectivity index (χ3v) is 5.41. The zero-order chi connectivity index (χ0) is 15.6. The number of nitrogens with one attached hydrogen (secondary N) is 1. The summed E-state index contributed by atoms with van der Waals surface area (Å²) >= 11 is 0. The van der Waals surface area contributed by atoms with Gasteiger partial charge in [-0.2, -0.15) is 0 Å². The van der Waals surface area contributed by atoms with Crippen LogP contribution in [-0.4, -0.2) is 60.1 Å². The van der Waals surface area contributed by atoms with Gasteiger partial charge in [-0.3, -0.25) is 9.88 Å². The van der Waals surface area contributed by atoms with E-state index in [9.17, 15) is 0 Å². The highest BCUT2D eigenvalue weighted by Gasteiger charge is 2.40. The van der Waals surface area contributed by atoms with E-state index in [0.29, 0.717) is 5.54 Å². The van der Waals surface area contributed by atoms with Crippen LogP contribution in [0.5, 0.6) is 0 Å². The highest BCUT2D eigenvalue weighted by molar-refractivity contribution is 5.45. The lowest BCUT2D eigenvalue weighted by molar-refractivity contribution is 0.0511. The maximum absolute atomic E-state index is 4.47. The monoisotopic (exact) mass is 302 g/mol. The Balaban J connectivity index is 1.69. The topological polar surface area (TPSA) is 31.4 Å². The van der Waals surface area contributed by atoms with Crippen LogP contribution in [-0.2, 0) is 0 Å². The second kappa shape index (κ2) is 6.55. The number of aryl methyl sites for hydroxylation is 2. The smallest absolute Gasteiger partial charge is 0.0396 e. The van der Waals surface area contributed by atoms with Gasteiger partial charge in [-0.1, -0.05) is 12.8 Å². The van der Waals surface area contributed by atoms with Gasteiger partial charge in [0.2, 0.25) is 0 Å². The first-order valence-electron chi connectivity index (χ1n) is 8.70. The van der Waals surface area contributed by atoms with Crippen molar-refractivity contribution in [2.75, 3.05) is 45.1 Å². The zero-order valence-electron chi connectivity index (χ0n) is 14.4. The van der Waals surface area contributed by atoms with Crippen LogP contribution in [0.25, 0.3) is 0 Å². The molecule has 0 spiro atoms. The molecule has 0 atom stereocenters. The average molecular weight is 302 g/mol. The molecule has 4 heteroatoms. The number of hydrogen-bond acceptors (Lipinski definition) is 4. The Labute approximate surface area is 134 Å². The zero-order valence-corrected chi connectivity index (χ0v) is 14.4. The summed E-state index contributed by atoms with van der Waals surface area (Å²) in [5.41, 5.74) is 3.79. The number of pyridine rings is 1. The van der Waals surface area contributed by atoms with E-state index in [2.05, 4.69) is 53.1 Å². The Morgan fingerprint density at radius 2 is 1.64 bits per heavy atom. The molecule has 1 aromatic heterocycles. The number of piperazine rings is 1. The fourth-order valence-corrected chi connectivity index (χ4v) is 4.12. The maximum Gasteiger partial charge on any atom is 0.0396 e. The third kappa shape index (κ3) is 3.44. The molecule has 1 saturated carbocycles. The van der Waals surface area contributed by atoms with Gasteiger partial charge in [0, 0.05) is 55.3 Å². The van der Waals surface area contributed by atoms with E-state index >= 15 is 0 Å². The molecule has 0 radical (unpaired) electrons. The van der Waals surface area contributed by atoms with E-state index in [1.807, 2.05) is 0 Å². The number of rotatable bonds is 4. The van der Waals surface area contributed by atoms with Crippen LogP contribution in [0.1, 0.15) is 37.1 Å². The summed E-state index contributed by atoms with van der Waals surface area (Å²) in [7, 11) is 2.24. The van der Waals surface area contributed by atoms with Crippen molar-refractivity contribution in [2.24, 2.45) is 0 Å². The van der Waals surface area contributed by atoms with E-state index < -0.39 is 0 Å². The Kier molecular flexibility index (Phi) is 4.69. The molecule has 2 fully saturated rings. The molecule has 2 heterocycles. The minimum absolute atomic E-state index is 0.367. The lowest BCUT2D eigenvalue weighted by Crippen LogP contribution is -2.58. The molecule has 0 bridgehead atoms. The molecule has 0 aromatic carbocycles. The number of anilines is 1. The molecule has 1 aliphatic heterocycles. The van der Waals surface area contributed by atoms with Gasteiger partial charge >= 0.3 is 0 Å². The summed E-state index contributed by atoms with van der Waals surface area (Å²) in [6.07, 6.45) is 5.43. The Hall–Kier alpha value is -1.13. The predicted octanol–water partition coefficient (Wildman–Crippen LogP) is 2.67. The van der Waals surface area contributed by atoms with Crippen molar-refractivity contribution in [1.29, 1.82) is 0 Å². The Morgan fingerprint density at radius 3 is 2.23 bits per heavy atom. The SMILES string of the molecule is Cc1cc(NCC2(N3CCN(C)CC3)CCCC2)cc(C)n1. The highest BCUT2D eigenvalue weighted by atomic mass is 15.3. The minimum Gasteiger partial charge on any atom is -0.383 e. The van der Waals surface area contributed by atoms with Crippen LogP contribution in [0.3, 0.4) is 0 Å². The van der Waals surface area contributed by atoms with Gasteiger partial charge in [0.15, 0.2) is 0 Å². The molecular weight excluding hydrogens is 272 g/mol. The first-order chi connectivity index (χ1) is 10.6. The lowest BCUT2D eigenvalue weighted by atomic mass is 9.93. The summed E-state index contributed by atoms with van der Waals surface area (Å²) in [5, 5.41) is 3.72. The van der Waals surface area contributed by atoms with Crippen molar-refractivity contribution in [2.45, 2.75) is 45.1 Å². The van der Waals surface area contributed by atoms with Crippen molar-refractivity contribution in [3.05, 3.63) is 23.5 Å². The highest BCUT2D eigenvalue weighted by Crippen LogP contribution is 2.36. The Morgan fingerprint density at radius 1 is 1.05 bits per heavy atom. The molecule has 4 nitrogen and oxygen atoms in total. The fourth-order valence-electron chi connectivity index (χ4n) is 4.12. The number of aromatic nitrogens is 1. The van der Waals surface area contributed by atoms with Gasteiger partial charge in [0.25, 0.3) is 0 Å². The largest absolute Gasteiger partial charge is 0.383 e. The minimum atomic E-state index is 0.367. The molecule has 3 rings (SSSR count). The second-order valence-electron chi connectivity index (χ2n) is 7.21. The molecule has 122 valence electrons. The molecule has 1 N–H and O–H groups in total. The lowest BCUT2D eigenvalue weighted by Gasteiger charge is -2.45. The second-order valence-corrected chi connectivity index (χ2v) is 7.21. The summed E-state index contributed by atoms with van der Waals surface area (Å²) in [4.78, 5) is 9.68. The standard InChI is InChI=1S/C18H30N4/c1-15-12-17(13-16(2)20-15)19-14-18(6-4-5-7-18)22-10-8-21(3)9-11-22/h12-13H,4-11,14H2,1-3H3,(H,19,20). The number of nitrogens with zero attached hydrogens (tertiary/aromatic N) is 3. The first-order valence-corrected chi connectivity index (χ1v) is 8.70. The van der Waals surface area contributed by atoms with E-state index in [0.717, 1.165) is 17.9 Å². The van der Waals surface area contributed by atoms with Crippen LogP contribution in [0.2, 0.25) is 0 Å². The van der Waals surface area contributed by atoms with Crippen molar-refractivity contribution in [3.8, 4) is 0 Å². The third-order valence-electron chi connectivity index (χ3n) is 5.41. The van der Waals surface area contributed by atoms with Crippen molar-refractivity contribution >= 4 is 5.69 Å². The number of hydrogen-bond donors (Lipinski definition) is 1. The summed E-state index contributed by atoms with van der Waals surface area (Å²) in [6.45, 7) is 10.1. The van der Waals surface area contributed by atoms with Crippen LogP contribution >= 0.6 is 0 Å². The van der Waals surface area contributed by atoms with Crippen LogP contribution in [0.4, 0.5) is 5.69 Å². The molecule has 0 unspecified atom stereocenters. The van der Waals surface area contributed by atoms with Gasteiger partial charge in [0.1, 0.15) is 0 Å². The normalized spacial score (nSPS) is 22.9. The van der Waals surface area contributed by atoms with Gasteiger partial charge < -0.3 is 10.2 Å². The van der Waals surface area contributed by atoms with E-state index in [4.69, 9.17) is 0 Å². The van der Waals surface area contributed by atoms with Crippen molar-refractivity contribution in [3.63, 3.8) is 0 Å². The van der Waals surface area contributed by atoms with E-state index in [1.165, 1.54) is 57.5 Å². The fraction of sp³-hybridized carbons (Fsp3) is 0.722. The van der Waals surface area contributed by atoms with Gasteiger partial charge in [0.05, 0.1) is 0 Å². The van der Waals surface area contributed by atoms with E-state index in [1.54, 1.807) is 0 Å². The van der Waals surface area contributed by atoms with Gasteiger partial charge in [-0.15, -0.1) is 0 Å². The van der Waals surface area contributed by atoms with Crippen LogP contribution in [0.15, 0.2) is 12.1 Å². The maximum atomic E-state index is 4.47. The van der Waals surface area contributed by atoms with Crippen LogP contribution < -0.4 is 5.32 Å². The quantitative estimate of drug-likeness (QED) is 0.926. The molecule has 2 aliphatic rings. The van der Waals surface area contributed by atoms with Crippen molar-refractivity contribution in [1.82, 2.24) is 14.8 Å². The van der Waals surface area contributed by atoms with Gasteiger partial charge in [-0.25, -0.2) is 0 Å². The summed E-state index contributed by atoms with van der Waals surface area (Å²) in [6, 6.07) is 4.33. The summed E-state index contributed by atoms with van der Waals surface area (Å²) in [5.74, 6) is 0. The predicted molar refractivity (Wildman–Crippen MR) is 92.5 cm³/mol. The number of likely N-dealkylation sites (N-methyl/N-ethyl adjacent to an activating group) is 1. The average Bonchev–Trinajstić information content (AvgIpc) is 2.95. The molecule has 1 aromatic rings. The molecule has 22 heavy (non-hydrogen) atoms. The molecule has 1 saturated heterocycles. The van der Waals surface area contributed by atoms with Crippen molar-refractivity contribution < 1.29 is 0 Å². The van der Waals surface area contributed by atoms with Crippen LogP contribution in [0, 0.1) is 13.8 Å². The first kappa shape index (κ1) is 15.8. The van der Waals surface area contributed by atoms with E-state index in [-0.39, 0.29) is 0 Å². The molecule has 1 aliphatic carbocycles. The summed E-state index contributed by atoms with van der Waals surface area (Å²) < 4.78 is 0. The van der Waals surface area contributed by atoms with Gasteiger partial charge in [-0.05, 0) is 45.9 Å². The molecule has 0 amide bonds. The Bertz CT molecular complexity index is 480. The molecular formula is C18H30N4.